The fourth-order valence-corrected chi connectivity index (χ4v) is 3.46. The van der Waals surface area contributed by atoms with Crippen LogP contribution >= 0.6 is 11.8 Å². The maximum atomic E-state index is 12.5. The number of hydrogen-bond acceptors (Lipinski definition) is 6. The second-order valence-electron chi connectivity index (χ2n) is 5.24. The summed E-state index contributed by atoms with van der Waals surface area (Å²) in [6.07, 6.45) is 1.36. The maximum Gasteiger partial charge on any atom is 0.253 e. The van der Waals surface area contributed by atoms with Crippen molar-refractivity contribution in [1.29, 1.82) is 0 Å². The zero-order valence-corrected chi connectivity index (χ0v) is 13.0. The van der Waals surface area contributed by atoms with Crippen molar-refractivity contribution < 1.29 is 9.53 Å². The highest BCUT2D eigenvalue weighted by Crippen LogP contribution is 2.16. The molecular weight excluding hydrogens is 288 g/mol. The van der Waals surface area contributed by atoms with Crippen LogP contribution in [0.3, 0.4) is 0 Å². The molecule has 1 aromatic rings. The second-order valence-corrected chi connectivity index (χ2v) is 6.47. The van der Waals surface area contributed by atoms with Crippen molar-refractivity contribution in [3.8, 4) is 0 Å². The summed E-state index contributed by atoms with van der Waals surface area (Å²) < 4.78 is 5.68. The summed E-state index contributed by atoms with van der Waals surface area (Å²) in [5.41, 5.74) is 0.933. The first kappa shape index (κ1) is 14.6. The van der Waals surface area contributed by atoms with E-state index in [0.717, 1.165) is 36.8 Å². The molecule has 1 amide bonds. The molecule has 2 saturated heterocycles. The van der Waals surface area contributed by atoms with Gasteiger partial charge >= 0.3 is 0 Å². The molecule has 0 aliphatic carbocycles. The third kappa shape index (κ3) is 3.47. The summed E-state index contributed by atoms with van der Waals surface area (Å²) in [5, 5.41) is 0. The summed E-state index contributed by atoms with van der Waals surface area (Å²) in [6, 6.07) is 1.87. The Labute approximate surface area is 128 Å². The van der Waals surface area contributed by atoms with Crippen LogP contribution in [0, 0.1) is 6.92 Å². The van der Waals surface area contributed by atoms with Crippen molar-refractivity contribution in [3.05, 3.63) is 18.0 Å². The first-order valence-electron chi connectivity index (χ1n) is 7.27. The van der Waals surface area contributed by atoms with E-state index in [2.05, 4.69) is 9.97 Å². The van der Waals surface area contributed by atoms with E-state index in [0.29, 0.717) is 19.1 Å². The fourth-order valence-electron chi connectivity index (χ4n) is 2.56. The van der Waals surface area contributed by atoms with Crippen LogP contribution < -0.4 is 4.90 Å². The number of ether oxygens (including phenoxy) is 1. The van der Waals surface area contributed by atoms with Gasteiger partial charge in [0.15, 0.2) is 6.10 Å². The molecule has 2 aliphatic rings. The third-order valence-corrected chi connectivity index (χ3v) is 4.67. The zero-order chi connectivity index (χ0) is 14.7. The molecule has 1 aromatic heterocycles. The number of aromatic nitrogens is 2. The monoisotopic (exact) mass is 308 g/mol. The van der Waals surface area contributed by atoms with Crippen LogP contribution in [0.15, 0.2) is 12.3 Å². The summed E-state index contributed by atoms with van der Waals surface area (Å²) in [6.45, 7) is 5.39. The molecule has 6 nitrogen and oxygen atoms in total. The molecule has 3 rings (SSSR count). The van der Waals surface area contributed by atoms with Crippen LogP contribution in [-0.4, -0.2) is 71.2 Å². The summed E-state index contributed by atoms with van der Waals surface area (Å²) >= 11 is 1.90. The predicted molar refractivity (Wildman–Crippen MR) is 82.6 cm³/mol. The summed E-state index contributed by atoms with van der Waals surface area (Å²) in [4.78, 5) is 25.2. The van der Waals surface area contributed by atoms with Crippen LogP contribution in [0.5, 0.6) is 0 Å². The number of thioether (sulfide) groups is 1. The third-order valence-electron chi connectivity index (χ3n) is 3.73. The lowest BCUT2D eigenvalue weighted by atomic mass is 10.2. The van der Waals surface area contributed by atoms with Crippen LogP contribution in [0.2, 0.25) is 0 Å². The minimum atomic E-state index is -0.397. The molecular formula is C14H20N4O2S. The van der Waals surface area contributed by atoms with E-state index in [1.54, 1.807) is 6.20 Å². The van der Waals surface area contributed by atoms with Crippen molar-refractivity contribution in [2.24, 2.45) is 0 Å². The molecule has 0 bridgehead atoms. The molecule has 0 radical (unpaired) electrons. The average Bonchev–Trinajstić information content (AvgIpc) is 2.55. The van der Waals surface area contributed by atoms with Gasteiger partial charge in [0, 0.05) is 43.0 Å². The van der Waals surface area contributed by atoms with E-state index in [9.17, 15) is 4.79 Å². The highest BCUT2D eigenvalue weighted by atomic mass is 32.2. The number of amides is 1. The summed E-state index contributed by atoms with van der Waals surface area (Å²) in [7, 11) is 0. The van der Waals surface area contributed by atoms with Gasteiger partial charge in [-0.1, -0.05) is 0 Å². The minimum absolute atomic E-state index is 0.104. The van der Waals surface area contributed by atoms with E-state index in [-0.39, 0.29) is 5.91 Å². The second kappa shape index (κ2) is 6.62. The minimum Gasteiger partial charge on any atom is -0.365 e. The molecule has 0 saturated carbocycles. The van der Waals surface area contributed by atoms with Crippen molar-refractivity contribution >= 4 is 23.6 Å². The van der Waals surface area contributed by atoms with Crippen LogP contribution in [0.1, 0.15) is 5.69 Å². The van der Waals surface area contributed by atoms with Crippen LogP contribution in [0.4, 0.5) is 5.95 Å². The van der Waals surface area contributed by atoms with Crippen LogP contribution in [-0.2, 0) is 9.53 Å². The molecule has 1 atom stereocenters. The predicted octanol–water partition coefficient (Wildman–Crippen LogP) is 0.566. The molecule has 0 aromatic carbocycles. The van der Waals surface area contributed by atoms with Crippen molar-refractivity contribution in [3.63, 3.8) is 0 Å². The topological polar surface area (TPSA) is 58.6 Å². The Morgan fingerprint density at radius 2 is 2.19 bits per heavy atom. The highest BCUT2D eigenvalue weighted by molar-refractivity contribution is 7.99. The lowest BCUT2D eigenvalue weighted by Gasteiger charge is -2.36. The fraction of sp³-hybridized carbons (Fsp3) is 0.643. The summed E-state index contributed by atoms with van der Waals surface area (Å²) in [5.74, 6) is 2.82. The molecule has 0 spiro atoms. The molecule has 21 heavy (non-hydrogen) atoms. The lowest BCUT2D eigenvalue weighted by Crippen LogP contribution is -2.53. The average molecular weight is 308 g/mol. The largest absolute Gasteiger partial charge is 0.365 e. The van der Waals surface area contributed by atoms with Crippen LogP contribution in [0.25, 0.3) is 0 Å². The number of aryl methyl sites for hydroxylation is 1. The van der Waals surface area contributed by atoms with E-state index < -0.39 is 6.10 Å². The molecule has 3 heterocycles. The molecule has 7 heteroatoms. The standard InChI is InChI=1S/C14H20N4O2S/c1-11-2-3-15-14(16-11)18-4-7-20-12(10-18)13(19)17-5-8-21-9-6-17/h2-3,12H,4-10H2,1H3. The van der Waals surface area contributed by atoms with E-state index in [1.807, 2.05) is 34.6 Å². The number of rotatable bonds is 2. The van der Waals surface area contributed by atoms with Gasteiger partial charge in [0.05, 0.1) is 13.2 Å². The Balaban J connectivity index is 1.66. The van der Waals surface area contributed by atoms with E-state index >= 15 is 0 Å². The first-order valence-corrected chi connectivity index (χ1v) is 8.42. The Kier molecular flexibility index (Phi) is 4.60. The van der Waals surface area contributed by atoms with Crippen molar-refractivity contribution in [2.45, 2.75) is 13.0 Å². The zero-order valence-electron chi connectivity index (χ0n) is 12.2. The Hall–Kier alpha value is -1.34. The normalized spacial score (nSPS) is 23.2. The van der Waals surface area contributed by atoms with Gasteiger partial charge < -0.3 is 14.5 Å². The van der Waals surface area contributed by atoms with Gasteiger partial charge in [0.1, 0.15) is 0 Å². The van der Waals surface area contributed by atoms with Gasteiger partial charge in [-0.15, -0.1) is 0 Å². The van der Waals surface area contributed by atoms with Crippen molar-refractivity contribution in [2.75, 3.05) is 49.2 Å². The number of carbonyl (C=O) groups is 1. The van der Waals surface area contributed by atoms with Crippen molar-refractivity contribution in [1.82, 2.24) is 14.9 Å². The molecule has 114 valence electrons. The Morgan fingerprint density at radius 3 is 2.95 bits per heavy atom. The first-order chi connectivity index (χ1) is 10.2. The van der Waals surface area contributed by atoms with E-state index in [1.165, 1.54) is 0 Å². The number of nitrogens with zero attached hydrogens (tertiary/aromatic N) is 4. The molecule has 1 unspecified atom stereocenters. The number of morpholine rings is 1. The van der Waals surface area contributed by atoms with E-state index in [4.69, 9.17) is 4.74 Å². The quantitative estimate of drug-likeness (QED) is 0.796. The van der Waals surface area contributed by atoms with Gasteiger partial charge in [-0.05, 0) is 13.0 Å². The SMILES string of the molecule is Cc1ccnc(N2CCOC(C(=O)N3CCSCC3)C2)n1. The Bertz CT molecular complexity index is 508. The Morgan fingerprint density at radius 1 is 1.38 bits per heavy atom. The molecule has 2 fully saturated rings. The maximum absolute atomic E-state index is 12.5. The van der Waals surface area contributed by atoms with Gasteiger partial charge in [0.2, 0.25) is 5.95 Å². The number of carbonyl (C=O) groups excluding carboxylic acids is 1. The molecule has 0 N–H and O–H groups in total. The highest BCUT2D eigenvalue weighted by Gasteiger charge is 2.31. The smallest absolute Gasteiger partial charge is 0.253 e. The number of anilines is 1. The van der Waals surface area contributed by atoms with Gasteiger partial charge in [-0.25, -0.2) is 9.97 Å². The van der Waals surface area contributed by atoms with Gasteiger partial charge in [-0.3, -0.25) is 4.79 Å². The number of hydrogen-bond donors (Lipinski definition) is 0. The van der Waals surface area contributed by atoms with Gasteiger partial charge in [0.25, 0.3) is 5.91 Å². The lowest BCUT2D eigenvalue weighted by molar-refractivity contribution is -0.144. The molecule has 2 aliphatic heterocycles. The van der Waals surface area contributed by atoms with Gasteiger partial charge in [-0.2, -0.15) is 11.8 Å².